The molecule has 0 aliphatic rings. The molecule has 0 heterocycles. The van der Waals surface area contributed by atoms with E-state index in [1.165, 1.54) is 6.92 Å². The Morgan fingerprint density at radius 3 is 2.57 bits per heavy atom. The molecule has 0 aromatic heterocycles. The van der Waals surface area contributed by atoms with Crippen molar-refractivity contribution < 1.29 is 19.4 Å². The van der Waals surface area contributed by atoms with E-state index in [9.17, 15) is 9.59 Å². The minimum atomic E-state index is -0.934. The molecule has 0 radical (unpaired) electrons. The minimum Gasteiger partial charge on any atom is -0.480 e. The fourth-order valence-corrected chi connectivity index (χ4v) is 0.630. The quantitative estimate of drug-likeness (QED) is 0.364. The lowest BCUT2D eigenvalue weighted by molar-refractivity contribution is -0.139. The van der Waals surface area contributed by atoms with E-state index in [4.69, 9.17) is 9.84 Å². The highest BCUT2D eigenvalue weighted by Crippen LogP contribution is 1.90. The maximum Gasteiger partial charge on any atom is 0.333 e. The number of aliphatic carboxylic acids is 1. The van der Waals surface area contributed by atoms with Crippen molar-refractivity contribution in [3.63, 3.8) is 0 Å². The molecule has 0 saturated carbocycles. The Balaban J connectivity index is 3.52. The number of ether oxygens (including phenoxy) is 1. The molecule has 0 amide bonds. The number of rotatable bonds is 6. The van der Waals surface area contributed by atoms with Crippen LogP contribution in [0, 0.1) is 0 Å². The first-order valence-corrected chi connectivity index (χ1v) is 4.24. The fraction of sp³-hybridized carbons (Fsp3) is 0.556. The monoisotopic (exact) mass is 201 g/mol. The topological polar surface area (TPSA) is 75.6 Å². The number of carbonyl (C=O) groups excluding carboxylic acids is 1. The second-order valence-corrected chi connectivity index (χ2v) is 2.93. The molecule has 14 heavy (non-hydrogen) atoms. The summed E-state index contributed by atoms with van der Waals surface area (Å²) in [6.07, 6.45) is 0. The van der Waals surface area contributed by atoms with Crippen molar-refractivity contribution in [3.8, 4) is 0 Å². The SMILES string of the molecule is C=C(C)C(=O)OCCN[C@@H](C)C(=O)O. The molecule has 0 spiro atoms. The van der Waals surface area contributed by atoms with Gasteiger partial charge in [0.2, 0.25) is 0 Å². The summed E-state index contributed by atoms with van der Waals surface area (Å²) >= 11 is 0. The Hall–Kier alpha value is -1.36. The zero-order valence-electron chi connectivity index (χ0n) is 8.37. The molecule has 80 valence electrons. The van der Waals surface area contributed by atoms with Crippen LogP contribution in [0.5, 0.6) is 0 Å². The van der Waals surface area contributed by atoms with Crippen LogP contribution in [0.4, 0.5) is 0 Å². The highest BCUT2D eigenvalue weighted by Gasteiger charge is 2.09. The molecule has 0 bridgehead atoms. The van der Waals surface area contributed by atoms with Crippen molar-refractivity contribution in [1.29, 1.82) is 0 Å². The molecule has 0 rings (SSSR count). The number of nitrogens with one attached hydrogen (secondary N) is 1. The zero-order valence-corrected chi connectivity index (χ0v) is 8.37. The molecule has 0 aromatic rings. The van der Waals surface area contributed by atoms with Gasteiger partial charge in [-0.05, 0) is 13.8 Å². The summed E-state index contributed by atoms with van der Waals surface area (Å²) < 4.78 is 4.74. The summed E-state index contributed by atoms with van der Waals surface area (Å²) in [7, 11) is 0. The third-order valence-corrected chi connectivity index (χ3v) is 1.50. The highest BCUT2D eigenvalue weighted by molar-refractivity contribution is 5.86. The average molecular weight is 201 g/mol. The van der Waals surface area contributed by atoms with Crippen LogP contribution in [0.25, 0.3) is 0 Å². The minimum absolute atomic E-state index is 0.142. The maximum absolute atomic E-state index is 10.9. The van der Waals surface area contributed by atoms with Crippen molar-refractivity contribution >= 4 is 11.9 Å². The molecule has 0 fully saturated rings. The van der Waals surface area contributed by atoms with Gasteiger partial charge in [0.25, 0.3) is 0 Å². The van der Waals surface area contributed by atoms with E-state index in [1.807, 2.05) is 0 Å². The lowest BCUT2D eigenvalue weighted by Gasteiger charge is -2.09. The van der Waals surface area contributed by atoms with Crippen LogP contribution in [0.15, 0.2) is 12.2 Å². The maximum atomic E-state index is 10.9. The number of carboxylic acid groups (broad SMARTS) is 1. The molecule has 0 aliphatic carbocycles. The lowest BCUT2D eigenvalue weighted by atomic mass is 10.3. The Morgan fingerprint density at radius 1 is 1.57 bits per heavy atom. The summed E-state index contributed by atoms with van der Waals surface area (Å²) in [5, 5.41) is 11.2. The van der Waals surface area contributed by atoms with E-state index >= 15 is 0 Å². The molecule has 0 aromatic carbocycles. The summed E-state index contributed by atoms with van der Waals surface area (Å²) in [6, 6.07) is -0.640. The predicted molar refractivity (Wildman–Crippen MR) is 50.9 cm³/mol. The third kappa shape index (κ3) is 5.31. The predicted octanol–water partition coefficient (Wildman–Crippen LogP) is 0.168. The zero-order chi connectivity index (χ0) is 11.1. The number of carbonyl (C=O) groups is 2. The van der Waals surface area contributed by atoms with E-state index in [0.717, 1.165) is 0 Å². The highest BCUT2D eigenvalue weighted by atomic mass is 16.5. The van der Waals surface area contributed by atoms with Crippen LogP contribution in [0.2, 0.25) is 0 Å². The Morgan fingerprint density at radius 2 is 2.14 bits per heavy atom. The Kier molecular flexibility index (Phi) is 5.55. The van der Waals surface area contributed by atoms with Crippen LogP contribution in [-0.2, 0) is 14.3 Å². The molecular weight excluding hydrogens is 186 g/mol. The Labute approximate surface area is 82.7 Å². The molecule has 5 heteroatoms. The number of hydrogen-bond acceptors (Lipinski definition) is 4. The van der Waals surface area contributed by atoms with Crippen LogP contribution >= 0.6 is 0 Å². The van der Waals surface area contributed by atoms with Crippen LogP contribution in [-0.4, -0.2) is 36.2 Å². The summed E-state index contributed by atoms with van der Waals surface area (Å²) in [5.74, 6) is -1.40. The van der Waals surface area contributed by atoms with Gasteiger partial charge in [-0.3, -0.25) is 4.79 Å². The average Bonchev–Trinajstić information content (AvgIpc) is 2.11. The van der Waals surface area contributed by atoms with E-state index < -0.39 is 18.0 Å². The molecule has 0 aliphatic heterocycles. The van der Waals surface area contributed by atoms with E-state index in [0.29, 0.717) is 12.1 Å². The van der Waals surface area contributed by atoms with E-state index in [1.54, 1.807) is 6.92 Å². The molecule has 0 unspecified atom stereocenters. The number of carboxylic acids is 1. The first-order valence-electron chi connectivity index (χ1n) is 4.24. The molecule has 0 saturated heterocycles. The molecular formula is C9H15NO4. The van der Waals surface area contributed by atoms with E-state index in [-0.39, 0.29) is 6.61 Å². The van der Waals surface area contributed by atoms with Crippen LogP contribution in [0.3, 0.4) is 0 Å². The second kappa shape index (κ2) is 6.15. The number of esters is 1. The van der Waals surface area contributed by atoms with Crippen LogP contribution in [0.1, 0.15) is 13.8 Å². The second-order valence-electron chi connectivity index (χ2n) is 2.93. The smallest absolute Gasteiger partial charge is 0.333 e. The van der Waals surface area contributed by atoms with Gasteiger partial charge in [-0.25, -0.2) is 4.79 Å². The first-order chi connectivity index (χ1) is 6.45. The van der Waals surface area contributed by atoms with Crippen LogP contribution < -0.4 is 5.32 Å². The van der Waals surface area contributed by atoms with Gasteiger partial charge < -0.3 is 15.2 Å². The van der Waals surface area contributed by atoms with Crippen molar-refractivity contribution in [2.45, 2.75) is 19.9 Å². The van der Waals surface area contributed by atoms with Gasteiger partial charge in [-0.1, -0.05) is 6.58 Å². The van der Waals surface area contributed by atoms with Gasteiger partial charge in [0, 0.05) is 12.1 Å². The summed E-state index contributed by atoms with van der Waals surface area (Å²) in [5.41, 5.74) is 0.330. The van der Waals surface area contributed by atoms with Crippen molar-refractivity contribution in [1.82, 2.24) is 5.32 Å². The first kappa shape index (κ1) is 12.6. The fourth-order valence-electron chi connectivity index (χ4n) is 0.630. The Bertz CT molecular complexity index is 237. The van der Waals surface area contributed by atoms with Gasteiger partial charge in [-0.15, -0.1) is 0 Å². The normalized spacial score (nSPS) is 11.9. The third-order valence-electron chi connectivity index (χ3n) is 1.50. The molecule has 2 N–H and O–H groups in total. The summed E-state index contributed by atoms with van der Waals surface area (Å²) in [6.45, 7) is 6.93. The van der Waals surface area contributed by atoms with E-state index in [2.05, 4.69) is 11.9 Å². The lowest BCUT2D eigenvalue weighted by Crippen LogP contribution is -2.36. The van der Waals surface area contributed by atoms with Gasteiger partial charge >= 0.3 is 11.9 Å². The largest absolute Gasteiger partial charge is 0.480 e. The van der Waals surface area contributed by atoms with Crippen molar-refractivity contribution in [2.24, 2.45) is 0 Å². The van der Waals surface area contributed by atoms with Crippen molar-refractivity contribution in [3.05, 3.63) is 12.2 Å². The number of hydrogen-bond donors (Lipinski definition) is 2. The van der Waals surface area contributed by atoms with Gasteiger partial charge in [0.05, 0.1) is 0 Å². The van der Waals surface area contributed by atoms with Gasteiger partial charge in [0.1, 0.15) is 12.6 Å². The molecule has 1 atom stereocenters. The summed E-state index contributed by atoms with van der Waals surface area (Å²) in [4.78, 5) is 21.2. The molecule has 5 nitrogen and oxygen atoms in total. The van der Waals surface area contributed by atoms with Gasteiger partial charge in [0.15, 0.2) is 0 Å². The van der Waals surface area contributed by atoms with Crippen molar-refractivity contribution in [2.75, 3.05) is 13.2 Å². The standard InChI is InChI=1S/C9H15NO4/c1-6(2)9(13)14-5-4-10-7(3)8(11)12/h7,10H,1,4-5H2,2-3H3,(H,11,12)/t7-/m0/s1. The van der Waals surface area contributed by atoms with Gasteiger partial charge in [-0.2, -0.15) is 0 Å².